The maximum atomic E-state index is 12.6. The Balaban J connectivity index is 1.92. The fourth-order valence-electron chi connectivity index (χ4n) is 3.33. The smallest absolute Gasteiger partial charge is 0.229 e. The summed E-state index contributed by atoms with van der Waals surface area (Å²) in [5, 5.41) is 3.20. The van der Waals surface area contributed by atoms with Crippen molar-refractivity contribution in [3.8, 4) is 0 Å². The first-order valence-corrected chi connectivity index (χ1v) is 7.67. The molecule has 0 bridgehead atoms. The highest BCUT2D eigenvalue weighted by Gasteiger charge is 2.36. The quantitative estimate of drug-likeness (QED) is 0.843. The average molecular weight is 268 g/mol. The van der Waals surface area contributed by atoms with Crippen LogP contribution in [0.4, 0.5) is 0 Å². The molecule has 1 N–H and O–H groups in total. The van der Waals surface area contributed by atoms with E-state index in [0.29, 0.717) is 19.1 Å². The molecule has 2 aliphatic rings. The van der Waals surface area contributed by atoms with Crippen LogP contribution in [0.2, 0.25) is 0 Å². The number of hydrogen-bond donors (Lipinski definition) is 1. The van der Waals surface area contributed by atoms with Gasteiger partial charge in [-0.3, -0.25) is 4.79 Å². The van der Waals surface area contributed by atoms with Gasteiger partial charge in [-0.1, -0.05) is 13.8 Å². The van der Waals surface area contributed by atoms with Crippen LogP contribution >= 0.6 is 0 Å². The molecule has 110 valence electrons. The first-order chi connectivity index (χ1) is 9.13. The lowest BCUT2D eigenvalue weighted by Gasteiger charge is -2.26. The van der Waals surface area contributed by atoms with Crippen LogP contribution in [0.5, 0.6) is 0 Å². The Morgan fingerprint density at radius 1 is 1.26 bits per heavy atom. The second-order valence-corrected chi connectivity index (χ2v) is 6.30. The highest BCUT2D eigenvalue weighted by molar-refractivity contribution is 5.80. The van der Waals surface area contributed by atoms with E-state index in [0.717, 1.165) is 37.8 Å². The Kier molecular flexibility index (Phi) is 5.22. The summed E-state index contributed by atoms with van der Waals surface area (Å²) in [6, 6.07) is 0.191. The minimum Gasteiger partial charge on any atom is -0.379 e. The molecule has 2 aliphatic heterocycles. The van der Waals surface area contributed by atoms with Crippen molar-refractivity contribution in [2.75, 3.05) is 33.4 Å². The molecule has 0 aromatic carbocycles. The van der Waals surface area contributed by atoms with Crippen molar-refractivity contribution in [1.29, 1.82) is 0 Å². The Hall–Kier alpha value is -0.610. The minimum absolute atomic E-state index is 0.0144. The Morgan fingerprint density at radius 3 is 2.74 bits per heavy atom. The highest BCUT2D eigenvalue weighted by Crippen LogP contribution is 2.26. The lowest BCUT2D eigenvalue weighted by Crippen LogP contribution is -2.45. The molecule has 0 saturated carbocycles. The van der Waals surface area contributed by atoms with Crippen molar-refractivity contribution < 1.29 is 9.53 Å². The molecule has 19 heavy (non-hydrogen) atoms. The van der Waals surface area contributed by atoms with E-state index in [1.54, 1.807) is 0 Å². The van der Waals surface area contributed by atoms with E-state index in [1.165, 1.54) is 6.42 Å². The summed E-state index contributed by atoms with van der Waals surface area (Å²) in [7, 11) is 1.91. The van der Waals surface area contributed by atoms with Crippen LogP contribution < -0.4 is 5.32 Å². The zero-order valence-electron chi connectivity index (χ0n) is 12.5. The third kappa shape index (κ3) is 3.48. The minimum atomic E-state index is 0.0144. The van der Waals surface area contributed by atoms with Gasteiger partial charge in [0.2, 0.25) is 5.91 Å². The molecule has 3 atom stereocenters. The van der Waals surface area contributed by atoms with Crippen molar-refractivity contribution in [2.45, 2.75) is 39.2 Å². The van der Waals surface area contributed by atoms with Crippen molar-refractivity contribution in [2.24, 2.45) is 17.8 Å². The molecule has 2 rings (SSSR count). The van der Waals surface area contributed by atoms with Crippen LogP contribution in [-0.4, -0.2) is 50.2 Å². The van der Waals surface area contributed by atoms with E-state index < -0.39 is 0 Å². The van der Waals surface area contributed by atoms with Crippen LogP contribution in [-0.2, 0) is 9.53 Å². The number of amides is 1. The Morgan fingerprint density at radius 2 is 2.05 bits per heavy atom. The molecular weight excluding hydrogens is 240 g/mol. The summed E-state index contributed by atoms with van der Waals surface area (Å²) in [6.45, 7) is 7.68. The number of nitrogens with zero attached hydrogens (tertiary/aromatic N) is 1. The molecule has 0 aliphatic carbocycles. The molecule has 2 fully saturated rings. The molecule has 0 aromatic rings. The molecule has 0 spiro atoms. The molecule has 0 aromatic heterocycles. The van der Waals surface area contributed by atoms with Gasteiger partial charge in [0.05, 0.1) is 19.1 Å². The van der Waals surface area contributed by atoms with Crippen LogP contribution in [0.25, 0.3) is 0 Å². The number of nitrogens with one attached hydrogen (secondary N) is 1. The van der Waals surface area contributed by atoms with Crippen LogP contribution in [0.1, 0.15) is 33.1 Å². The van der Waals surface area contributed by atoms with Gasteiger partial charge in [-0.25, -0.2) is 0 Å². The lowest BCUT2D eigenvalue weighted by atomic mass is 9.89. The van der Waals surface area contributed by atoms with Gasteiger partial charge in [0, 0.05) is 19.1 Å². The molecule has 3 unspecified atom stereocenters. The maximum absolute atomic E-state index is 12.6. The van der Waals surface area contributed by atoms with Gasteiger partial charge in [-0.2, -0.15) is 0 Å². The number of carbonyl (C=O) groups is 1. The summed E-state index contributed by atoms with van der Waals surface area (Å²) >= 11 is 0. The normalized spacial score (nSPS) is 32.6. The zero-order valence-corrected chi connectivity index (χ0v) is 12.5. The molecule has 4 heteroatoms. The predicted molar refractivity (Wildman–Crippen MR) is 75.9 cm³/mol. The van der Waals surface area contributed by atoms with E-state index in [9.17, 15) is 4.79 Å². The molecule has 2 heterocycles. The van der Waals surface area contributed by atoms with Gasteiger partial charge in [-0.15, -0.1) is 0 Å². The van der Waals surface area contributed by atoms with E-state index in [1.807, 2.05) is 7.05 Å². The predicted octanol–water partition coefficient (Wildman–Crippen LogP) is 1.51. The van der Waals surface area contributed by atoms with Crippen LogP contribution in [0, 0.1) is 17.8 Å². The SMILES string of the molecule is CNC1COCC1C(=O)N1CCCC(C(C)C)CC1. The fraction of sp³-hybridized carbons (Fsp3) is 0.933. The number of likely N-dealkylation sites (tertiary alicyclic amines) is 1. The summed E-state index contributed by atoms with van der Waals surface area (Å²) < 4.78 is 5.45. The van der Waals surface area contributed by atoms with E-state index in [2.05, 4.69) is 24.1 Å². The third-order valence-electron chi connectivity index (χ3n) is 4.80. The number of hydrogen-bond acceptors (Lipinski definition) is 3. The van der Waals surface area contributed by atoms with Crippen molar-refractivity contribution >= 4 is 5.91 Å². The van der Waals surface area contributed by atoms with Crippen LogP contribution in [0.15, 0.2) is 0 Å². The topological polar surface area (TPSA) is 41.6 Å². The maximum Gasteiger partial charge on any atom is 0.229 e. The van der Waals surface area contributed by atoms with Crippen LogP contribution in [0.3, 0.4) is 0 Å². The van der Waals surface area contributed by atoms with Crippen molar-refractivity contribution in [1.82, 2.24) is 10.2 Å². The van der Waals surface area contributed by atoms with Gasteiger partial charge >= 0.3 is 0 Å². The molecule has 1 amide bonds. The fourth-order valence-corrected chi connectivity index (χ4v) is 3.33. The Labute approximate surface area is 116 Å². The first kappa shape index (κ1) is 14.8. The molecule has 4 nitrogen and oxygen atoms in total. The van der Waals surface area contributed by atoms with E-state index in [4.69, 9.17) is 4.74 Å². The second kappa shape index (κ2) is 6.71. The summed E-state index contributed by atoms with van der Waals surface area (Å²) in [5.41, 5.74) is 0. The third-order valence-corrected chi connectivity index (χ3v) is 4.80. The summed E-state index contributed by atoms with van der Waals surface area (Å²) in [4.78, 5) is 14.7. The van der Waals surface area contributed by atoms with Crippen molar-refractivity contribution in [3.63, 3.8) is 0 Å². The average Bonchev–Trinajstić information content (AvgIpc) is 2.73. The number of ether oxygens (including phenoxy) is 1. The summed E-state index contributed by atoms with van der Waals surface area (Å²) in [6.07, 6.45) is 3.56. The highest BCUT2D eigenvalue weighted by atomic mass is 16.5. The van der Waals surface area contributed by atoms with Gasteiger partial charge in [0.1, 0.15) is 0 Å². The molecule has 2 saturated heterocycles. The van der Waals surface area contributed by atoms with Gasteiger partial charge in [-0.05, 0) is 38.1 Å². The first-order valence-electron chi connectivity index (χ1n) is 7.67. The van der Waals surface area contributed by atoms with Gasteiger partial charge in [0.25, 0.3) is 0 Å². The molecule has 0 radical (unpaired) electrons. The largest absolute Gasteiger partial charge is 0.379 e. The van der Waals surface area contributed by atoms with Crippen molar-refractivity contribution in [3.05, 3.63) is 0 Å². The number of carbonyl (C=O) groups excluding carboxylic acids is 1. The van der Waals surface area contributed by atoms with E-state index >= 15 is 0 Å². The molecular formula is C15H28N2O2. The monoisotopic (exact) mass is 268 g/mol. The summed E-state index contributed by atoms with van der Waals surface area (Å²) in [5.74, 6) is 1.81. The van der Waals surface area contributed by atoms with Gasteiger partial charge in [0.15, 0.2) is 0 Å². The van der Waals surface area contributed by atoms with Gasteiger partial charge < -0.3 is 15.0 Å². The number of rotatable bonds is 3. The lowest BCUT2D eigenvalue weighted by molar-refractivity contribution is -0.136. The number of likely N-dealkylation sites (N-methyl/N-ethyl adjacent to an activating group) is 1. The standard InChI is InChI=1S/C15H28N2O2/c1-11(2)12-5-4-7-17(8-6-12)15(18)13-9-19-10-14(13)16-3/h11-14,16H,4-10H2,1-3H3. The Bertz CT molecular complexity index is 307. The zero-order chi connectivity index (χ0) is 13.8. The van der Waals surface area contributed by atoms with E-state index in [-0.39, 0.29) is 12.0 Å². The second-order valence-electron chi connectivity index (χ2n) is 6.30.